The highest BCUT2D eigenvalue weighted by Gasteiger charge is 2.13. The summed E-state index contributed by atoms with van der Waals surface area (Å²) in [6.45, 7) is 6.88. The van der Waals surface area contributed by atoms with Gasteiger partial charge < -0.3 is 9.29 Å². The summed E-state index contributed by atoms with van der Waals surface area (Å²) < 4.78 is 31.1. The molecular formula is C14H28O7S. The quantitative estimate of drug-likeness (QED) is 0.463. The molecule has 0 spiro atoms. The molecule has 132 valence electrons. The normalized spacial score (nSPS) is 10.8. The van der Waals surface area contributed by atoms with Crippen LogP contribution in [0, 0.1) is 5.92 Å². The molecule has 7 nitrogen and oxygen atoms in total. The predicted octanol–water partition coefficient (Wildman–Crippen LogP) is 3.20. The van der Waals surface area contributed by atoms with Gasteiger partial charge in [-0.25, -0.2) is 0 Å². The number of hydrogen-bond acceptors (Lipinski definition) is 5. The van der Waals surface area contributed by atoms with Crippen molar-refractivity contribution in [2.24, 2.45) is 5.92 Å². The van der Waals surface area contributed by atoms with Crippen molar-refractivity contribution in [1.82, 2.24) is 0 Å². The van der Waals surface area contributed by atoms with Crippen LogP contribution in [-0.2, 0) is 24.2 Å². The molecule has 0 radical (unpaired) electrons. The molecule has 0 saturated carbocycles. The van der Waals surface area contributed by atoms with Gasteiger partial charge in [-0.3, -0.25) is 14.1 Å². The molecule has 0 amide bonds. The number of carbonyl (C=O) groups excluding carboxylic acids is 1. The summed E-state index contributed by atoms with van der Waals surface area (Å²) in [6, 6.07) is 0. The number of carbonyl (C=O) groups is 2. The van der Waals surface area contributed by atoms with Crippen molar-refractivity contribution in [3.8, 4) is 0 Å². The van der Waals surface area contributed by atoms with Crippen LogP contribution in [0.1, 0.15) is 72.1 Å². The van der Waals surface area contributed by atoms with Gasteiger partial charge in [0, 0.05) is 0 Å². The zero-order valence-electron chi connectivity index (χ0n) is 13.6. The lowest BCUT2D eigenvalue weighted by atomic mass is 9.96. The standard InChI is InChI=1S/C10H22.C4H6O7S/c1-4-7-8-9-10(5-2)6-3;5-3(6)1-2-4(7)11-12(8,9)10/h10H,4-9H2,1-3H3;1-2H2,(H,5,6)(H,8,9,10). The van der Waals surface area contributed by atoms with Gasteiger partial charge in [-0.05, 0) is 5.92 Å². The van der Waals surface area contributed by atoms with Gasteiger partial charge in [-0.15, -0.1) is 0 Å². The number of aliphatic carboxylic acids is 1. The van der Waals surface area contributed by atoms with E-state index in [2.05, 4.69) is 25.0 Å². The van der Waals surface area contributed by atoms with Crippen molar-refractivity contribution >= 4 is 22.3 Å². The molecule has 2 N–H and O–H groups in total. The van der Waals surface area contributed by atoms with Crippen LogP contribution in [-0.4, -0.2) is 30.0 Å². The van der Waals surface area contributed by atoms with Crippen LogP contribution in [0.25, 0.3) is 0 Å². The molecule has 0 fully saturated rings. The van der Waals surface area contributed by atoms with E-state index < -0.39 is 35.2 Å². The first-order chi connectivity index (χ1) is 10.2. The van der Waals surface area contributed by atoms with Crippen molar-refractivity contribution < 1.29 is 31.8 Å². The number of carboxylic acids is 1. The summed E-state index contributed by atoms with van der Waals surface area (Å²) in [5, 5.41) is 8.04. The van der Waals surface area contributed by atoms with Crippen LogP contribution in [0.3, 0.4) is 0 Å². The Morgan fingerprint density at radius 1 is 1.05 bits per heavy atom. The molecule has 0 aromatic rings. The van der Waals surface area contributed by atoms with E-state index >= 15 is 0 Å². The van der Waals surface area contributed by atoms with E-state index in [9.17, 15) is 18.0 Å². The van der Waals surface area contributed by atoms with E-state index in [1.54, 1.807) is 0 Å². The third-order valence-electron chi connectivity index (χ3n) is 3.11. The average molecular weight is 340 g/mol. The Kier molecular flexibility index (Phi) is 14.2. The monoisotopic (exact) mass is 340 g/mol. The molecule has 0 bridgehead atoms. The molecule has 0 aliphatic carbocycles. The minimum atomic E-state index is -4.81. The second kappa shape index (κ2) is 13.5. The van der Waals surface area contributed by atoms with Gasteiger partial charge in [-0.1, -0.05) is 59.3 Å². The second-order valence-electron chi connectivity index (χ2n) is 4.96. The first kappa shape index (κ1) is 23.1. The number of rotatable bonds is 10. The average Bonchev–Trinajstić information content (AvgIpc) is 2.40. The topological polar surface area (TPSA) is 118 Å². The Labute approximate surface area is 133 Å². The molecule has 0 unspecified atom stereocenters. The fourth-order valence-electron chi connectivity index (χ4n) is 1.75. The third kappa shape index (κ3) is 18.9. The zero-order valence-corrected chi connectivity index (χ0v) is 14.4. The van der Waals surface area contributed by atoms with Crippen LogP contribution in [0.5, 0.6) is 0 Å². The van der Waals surface area contributed by atoms with Crippen LogP contribution < -0.4 is 0 Å². The minimum absolute atomic E-state index is 0.547. The highest BCUT2D eigenvalue weighted by Crippen LogP contribution is 2.16. The van der Waals surface area contributed by atoms with E-state index in [1.807, 2.05) is 0 Å². The fraction of sp³-hybridized carbons (Fsp3) is 0.857. The zero-order chi connectivity index (χ0) is 17.6. The van der Waals surface area contributed by atoms with Crippen molar-refractivity contribution in [3.05, 3.63) is 0 Å². The first-order valence-corrected chi connectivity index (χ1v) is 8.94. The van der Waals surface area contributed by atoms with Crippen LogP contribution >= 0.6 is 0 Å². The Hall–Kier alpha value is -1.15. The van der Waals surface area contributed by atoms with Crippen molar-refractivity contribution in [2.45, 2.75) is 72.1 Å². The lowest BCUT2D eigenvalue weighted by Gasteiger charge is -2.10. The lowest BCUT2D eigenvalue weighted by molar-refractivity contribution is -0.142. The van der Waals surface area contributed by atoms with E-state index in [1.165, 1.54) is 38.5 Å². The van der Waals surface area contributed by atoms with E-state index in [0.717, 1.165) is 5.92 Å². The number of hydrogen-bond donors (Lipinski definition) is 2. The maximum Gasteiger partial charge on any atom is 0.448 e. The smallest absolute Gasteiger partial charge is 0.448 e. The van der Waals surface area contributed by atoms with Crippen LogP contribution in [0.15, 0.2) is 0 Å². The summed E-state index contributed by atoms with van der Waals surface area (Å²) in [7, 11) is -4.81. The lowest BCUT2D eigenvalue weighted by Crippen LogP contribution is -2.12. The molecule has 0 aromatic heterocycles. The molecule has 8 heteroatoms. The second-order valence-corrected chi connectivity index (χ2v) is 5.98. The summed E-state index contributed by atoms with van der Waals surface area (Å²) in [4.78, 5) is 20.2. The molecule has 0 aliphatic rings. The Balaban J connectivity index is 0. The molecule has 0 heterocycles. The summed E-state index contributed by atoms with van der Waals surface area (Å²) >= 11 is 0. The van der Waals surface area contributed by atoms with Gasteiger partial charge in [0.25, 0.3) is 0 Å². The van der Waals surface area contributed by atoms with Crippen LogP contribution in [0.4, 0.5) is 0 Å². The van der Waals surface area contributed by atoms with Gasteiger partial charge in [0.2, 0.25) is 0 Å². The first-order valence-electron chi connectivity index (χ1n) is 7.57. The molecule has 22 heavy (non-hydrogen) atoms. The third-order valence-corrected chi connectivity index (χ3v) is 3.51. The summed E-state index contributed by atoms with van der Waals surface area (Å²) in [5.74, 6) is -1.56. The van der Waals surface area contributed by atoms with Crippen LogP contribution in [0.2, 0.25) is 0 Å². The van der Waals surface area contributed by atoms with Crippen molar-refractivity contribution in [1.29, 1.82) is 0 Å². The largest absolute Gasteiger partial charge is 0.481 e. The molecule has 0 aliphatic heterocycles. The van der Waals surface area contributed by atoms with E-state index in [0.29, 0.717) is 0 Å². The molecular weight excluding hydrogens is 312 g/mol. The van der Waals surface area contributed by atoms with E-state index in [-0.39, 0.29) is 0 Å². The minimum Gasteiger partial charge on any atom is -0.481 e. The highest BCUT2D eigenvalue weighted by atomic mass is 32.3. The SMILES string of the molecule is CCCCCC(CC)CC.O=C(O)CCC(=O)OS(=O)(=O)O. The highest BCUT2D eigenvalue weighted by molar-refractivity contribution is 7.81. The Morgan fingerprint density at radius 3 is 1.95 bits per heavy atom. The van der Waals surface area contributed by atoms with Gasteiger partial charge in [0.05, 0.1) is 12.8 Å². The maximum atomic E-state index is 10.3. The van der Waals surface area contributed by atoms with Crippen molar-refractivity contribution in [3.63, 3.8) is 0 Å². The van der Waals surface area contributed by atoms with Crippen molar-refractivity contribution in [2.75, 3.05) is 0 Å². The molecule has 0 rings (SSSR count). The summed E-state index contributed by atoms with van der Waals surface area (Å²) in [6.07, 6.45) is 7.30. The van der Waals surface area contributed by atoms with Gasteiger partial charge in [-0.2, -0.15) is 8.42 Å². The van der Waals surface area contributed by atoms with Gasteiger partial charge in [0.1, 0.15) is 0 Å². The number of carboxylic acid groups (broad SMARTS) is 1. The van der Waals surface area contributed by atoms with Gasteiger partial charge >= 0.3 is 22.3 Å². The van der Waals surface area contributed by atoms with Gasteiger partial charge in [0.15, 0.2) is 0 Å². The molecule has 0 saturated heterocycles. The number of unbranched alkanes of at least 4 members (excludes halogenated alkanes) is 2. The summed E-state index contributed by atoms with van der Waals surface area (Å²) in [5.41, 5.74) is 0. The Bertz CT molecular complexity index is 399. The predicted molar refractivity (Wildman–Crippen MR) is 82.7 cm³/mol. The maximum absolute atomic E-state index is 10.3. The fourth-order valence-corrected chi connectivity index (χ4v) is 2.07. The Morgan fingerprint density at radius 2 is 1.59 bits per heavy atom. The molecule has 0 aromatic carbocycles. The molecule has 0 atom stereocenters. The van der Waals surface area contributed by atoms with E-state index in [4.69, 9.17) is 9.66 Å².